The van der Waals surface area contributed by atoms with E-state index in [0.29, 0.717) is 30.4 Å². The number of amides is 1. The van der Waals surface area contributed by atoms with Crippen molar-refractivity contribution in [1.29, 1.82) is 0 Å². The monoisotopic (exact) mass is 335 g/mol. The van der Waals surface area contributed by atoms with Crippen molar-refractivity contribution < 1.29 is 9.32 Å². The Bertz CT molecular complexity index is 872. The van der Waals surface area contributed by atoms with Crippen LogP contribution in [-0.4, -0.2) is 27.5 Å². The minimum Gasteiger partial charge on any atom is -0.337 e. The first-order valence-electron chi connectivity index (χ1n) is 8.33. The lowest BCUT2D eigenvalue weighted by Gasteiger charge is -2.20. The number of benzene rings is 2. The van der Waals surface area contributed by atoms with Crippen LogP contribution in [0.15, 0.2) is 53.1 Å². The van der Waals surface area contributed by atoms with Gasteiger partial charge in [0.15, 0.2) is 0 Å². The molecule has 3 aromatic rings. The molecule has 0 N–H and O–H groups in total. The Labute approximate surface area is 147 Å². The molecule has 25 heavy (non-hydrogen) atoms. The maximum atomic E-state index is 12.9. The predicted octanol–water partition coefficient (Wildman–Crippen LogP) is 4.02. The summed E-state index contributed by atoms with van der Waals surface area (Å²) in [5.41, 5.74) is 3.63. The second kappa shape index (κ2) is 7.30. The van der Waals surface area contributed by atoms with Crippen LogP contribution in [0.4, 0.5) is 0 Å². The highest BCUT2D eigenvalue weighted by molar-refractivity contribution is 5.95. The summed E-state index contributed by atoms with van der Waals surface area (Å²) in [7, 11) is 0. The van der Waals surface area contributed by atoms with Gasteiger partial charge in [-0.05, 0) is 32.4 Å². The second-order valence-electron chi connectivity index (χ2n) is 6.02. The first kappa shape index (κ1) is 16.9. The molecule has 2 aromatic carbocycles. The van der Waals surface area contributed by atoms with Crippen LogP contribution in [0.1, 0.15) is 34.3 Å². The lowest BCUT2D eigenvalue weighted by atomic mass is 10.0. The van der Waals surface area contributed by atoms with E-state index in [9.17, 15) is 4.79 Å². The summed E-state index contributed by atoms with van der Waals surface area (Å²) < 4.78 is 5.34. The maximum Gasteiger partial charge on any atom is 0.254 e. The van der Waals surface area contributed by atoms with Crippen LogP contribution in [0.5, 0.6) is 0 Å². The SMILES string of the molecule is CCN(Cc1nc(-c2ccccc2)no1)C(=O)c1cc(C)ccc1C. The van der Waals surface area contributed by atoms with E-state index in [2.05, 4.69) is 10.1 Å². The van der Waals surface area contributed by atoms with Crippen LogP contribution in [0, 0.1) is 13.8 Å². The van der Waals surface area contributed by atoms with Crippen molar-refractivity contribution in [2.75, 3.05) is 6.54 Å². The molecule has 3 rings (SSSR count). The fourth-order valence-electron chi connectivity index (χ4n) is 2.65. The summed E-state index contributed by atoms with van der Waals surface area (Å²) in [5.74, 6) is 0.938. The molecule has 1 amide bonds. The van der Waals surface area contributed by atoms with Gasteiger partial charge in [-0.2, -0.15) is 4.98 Å². The fraction of sp³-hybridized carbons (Fsp3) is 0.250. The Kier molecular flexibility index (Phi) is 4.93. The molecule has 0 aliphatic rings. The molecule has 0 spiro atoms. The first-order chi connectivity index (χ1) is 12.1. The molecular formula is C20H21N3O2. The van der Waals surface area contributed by atoms with E-state index in [1.54, 1.807) is 4.90 Å². The van der Waals surface area contributed by atoms with Crippen molar-refractivity contribution >= 4 is 5.91 Å². The average molecular weight is 335 g/mol. The molecule has 0 fully saturated rings. The fourth-order valence-corrected chi connectivity index (χ4v) is 2.65. The lowest BCUT2D eigenvalue weighted by molar-refractivity contribution is 0.0733. The van der Waals surface area contributed by atoms with E-state index in [1.165, 1.54) is 0 Å². The quantitative estimate of drug-likeness (QED) is 0.707. The minimum absolute atomic E-state index is 0.0249. The molecule has 5 heteroatoms. The van der Waals surface area contributed by atoms with Crippen molar-refractivity contribution in [3.8, 4) is 11.4 Å². The molecule has 128 valence electrons. The number of carbonyl (C=O) groups excluding carboxylic acids is 1. The van der Waals surface area contributed by atoms with Gasteiger partial charge in [0.1, 0.15) is 6.54 Å². The van der Waals surface area contributed by atoms with E-state index in [4.69, 9.17) is 4.52 Å². The zero-order valence-electron chi connectivity index (χ0n) is 14.7. The minimum atomic E-state index is -0.0249. The van der Waals surface area contributed by atoms with Crippen molar-refractivity contribution in [3.63, 3.8) is 0 Å². The molecule has 0 aliphatic carbocycles. The number of nitrogens with zero attached hydrogens (tertiary/aromatic N) is 3. The van der Waals surface area contributed by atoms with Crippen LogP contribution >= 0.6 is 0 Å². The zero-order valence-corrected chi connectivity index (χ0v) is 14.7. The smallest absolute Gasteiger partial charge is 0.254 e. The molecule has 0 radical (unpaired) electrons. The standard InChI is InChI=1S/C20H21N3O2/c1-4-23(20(24)17-12-14(2)10-11-15(17)3)13-18-21-19(22-25-18)16-8-6-5-7-9-16/h5-12H,4,13H2,1-3H3. The topological polar surface area (TPSA) is 59.2 Å². The second-order valence-corrected chi connectivity index (χ2v) is 6.02. The van der Waals surface area contributed by atoms with Crippen LogP contribution in [0.25, 0.3) is 11.4 Å². The van der Waals surface area contributed by atoms with E-state index in [-0.39, 0.29) is 5.91 Å². The predicted molar refractivity (Wildman–Crippen MR) is 96.1 cm³/mol. The number of hydrogen-bond acceptors (Lipinski definition) is 4. The van der Waals surface area contributed by atoms with Crippen LogP contribution < -0.4 is 0 Å². The van der Waals surface area contributed by atoms with Gasteiger partial charge >= 0.3 is 0 Å². The lowest BCUT2D eigenvalue weighted by Crippen LogP contribution is -2.31. The Morgan fingerprint density at radius 3 is 2.60 bits per heavy atom. The van der Waals surface area contributed by atoms with Gasteiger partial charge in [0.05, 0.1) is 0 Å². The van der Waals surface area contributed by atoms with Gasteiger partial charge < -0.3 is 9.42 Å². The van der Waals surface area contributed by atoms with E-state index >= 15 is 0 Å². The molecule has 0 unspecified atom stereocenters. The van der Waals surface area contributed by atoms with E-state index in [0.717, 1.165) is 16.7 Å². The van der Waals surface area contributed by atoms with Crippen LogP contribution in [-0.2, 0) is 6.54 Å². The summed E-state index contributed by atoms with van der Waals surface area (Å²) in [6, 6.07) is 15.5. The summed E-state index contributed by atoms with van der Waals surface area (Å²) in [4.78, 5) is 19.0. The van der Waals surface area contributed by atoms with E-state index < -0.39 is 0 Å². The normalized spacial score (nSPS) is 10.7. The molecule has 0 bridgehead atoms. The maximum absolute atomic E-state index is 12.9. The zero-order chi connectivity index (χ0) is 17.8. The Balaban J connectivity index is 1.80. The average Bonchev–Trinajstić information content (AvgIpc) is 3.10. The molecule has 0 saturated carbocycles. The van der Waals surface area contributed by atoms with E-state index in [1.807, 2.05) is 69.3 Å². The van der Waals surface area contributed by atoms with Crippen molar-refractivity contribution in [2.45, 2.75) is 27.3 Å². The Morgan fingerprint density at radius 1 is 1.12 bits per heavy atom. The van der Waals surface area contributed by atoms with Crippen LogP contribution in [0.3, 0.4) is 0 Å². The summed E-state index contributed by atoms with van der Waals surface area (Å²) in [5, 5.41) is 4.01. The Morgan fingerprint density at radius 2 is 1.88 bits per heavy atom. The summed E-state index contributed by atoms with van der Waals surface area (Å²) >= 11 is 0. The number of hydrogen-bond donors (Lipinski definition) is 0. The van der Waals surface area contributed by atoms with Gasteiger partial charge in [0, 0.05) is 17.7 Å². The van der Waals surface area contributed by atoms with Crippen molar-refractivity contribution in [3.05, 3.63) is 71.1 Å². The highest BCUT2D eigenvalue weighted by Gasteiger charge is 2.19. The van der Waals surface area contributed by atoms with Gasteiger partial charge in [-0.1, -0.05) is 53.2 Å². The number of carbonyl (C=O) groups is 1. The van der Waals surface area contributed by atoms with Crippen LogP contribution in [0.2, 0.25) is 0 Å². The molecule has 0 aliphatic heterocycles. The third-order valence-electron chi connectivity index (χ3n) is 4.12. The van der Waals surface area contributed by atoms with Gasteiger partial charge in [-0.3, -0.25) is 4.79 Å². The van der Waals surface area contributed by atoms with Crippen molar-refractivity contribution in [1.82, 2.24) is 15.0 Å². The molecule has 5 nitrogen and oxygen atoms in total. The first-order valence-corrected chi connectivity index (χ1v) is 8.33. The third kappa shape index (κ3) is 3.76. The van der Waals surface area contributed by atoms with Crippen molar-refractivity contribution in [2.24, 2.45) is 0 Å². The van der Waals surface area contributed by atoms with Gasteiger partial charge in [0.25, 0.3) is 5.91 Å². The number of aryl methyl sites for hydroxylation is 2. The highest BCUT2D eigenvalue weighted by Crippen LogP contribution is 2.18. The summed E-state index contributed by atoms with van der Waals surface area (Å²) in [6.45, 7) is 6.73. The largest absolute Gasteiger partial charge is 0.337 e. The van der Waals surface area contributed by atoms with Gasteiger partial charge in [-0.25, -0.2) is 0 Å². The molecule has 1 aromatic heterocycles. The molecule has 0 saturated heterocycles. The number of rotatable bonds is 5. The van der Waals surface area contributed by atoms with Gasteiger partial charge in [-0.15, -0.1) is 0 Å². The van der Waals surface area contributed by atoms with Gasteiger partial charge in [0.2, 0.25) is 11.7 Å². The number of aromatic nitrogens is 2. The third-order valence-corrected chi connectivity index (χ3v) is 4.12. The highest BCUT2D eigenvalue weighted by atomic mass is 16.5. The molecule has 1 heterocycles. The molecule has 0 atom stereocenters. The Hall–Kier alpha value is -2.95. The molecular weight excluding hydrogens is 314 g/mol. The summed E-state index contributed by atoms with van der Waals surface area (Å²) in [6.07, 6.45) is 0.